The Hall–Kier alpha value is -2.63. The van der Waals surface area contributed by atoms with Gasteiger partial charge in [-0.05, 0) is 41.7 Å². The fraction of sp³-hybridized carbons (Fsp3) is 0.167. The fourth-order valence-electron chi connectivity index (χ4n) is 4.03. The minimum absolute atomic E-state index is 0.0267. The van der Waals surface area contributed by atoms with Gasteiger partial charge in [0.1, 0.15) is 4.83 Å². The third-order valence-electron chi connectivity index (χ3n) is 5.57. The summed E-state index contributed by atoms with van der Waals surface area (Å²) in [6.07, 6.45) is 1.77. The zero-order valence-corrected chi connectivity index (χ0v) is 17.9. The van der Waals surface area contributed by atoms with E-state index in [9.17, 15) is 4.79 Å². The first-order chi connectivity index (χ1) is 14.1. The van der Waals surface area contributed by atoms with E-state index in [4.69, 9.17) is 4.98 Å². The van der Waals surface area contributed by atoms with E-state index in [0.717, 1.165) is 25.8 Å². The van der Waals surface area contributed by atoms with Gasteiger partial charge in [-0.1, -0.05) is 66.4 Å². The summed E-state index contributed by atoms with van der Waals surface area (Å²) < 4.78 is 1.77. The van der Waals surface area contributed by atoms with Crippen molar-refractivity contribution < 1.29 is 0 Å². The van der Waals surface area contributed by atoms with Gasteiger partial charge in [0.2, 0.25) is 0 Å². The second kappa shape index (κ2) is 7.01. The largest absolute Gasteiger partial charge is 0.283 e. The van der Waals surface area contributed by atoms with Crippen molar-refractivity contribution in [2.75, 3.05) is 0 Å². The quantitative estimate of drug-likeness (QED) is 0.297. The standard InChI is InChI=1S/C24H20N2OS2/c1-4-13-26-23(27)20-14(2)15(3)28-22(20)25-24(26)29-21-18-11-7-5-9-16(18)17-10-6-8-12-19(17)21/h4-12,21H,1,13H2,2-3H3. The van der Waals surface area contributed by atoms with Gasteiger partial charge in [-0.3, -0.25) is 9.36 Å². The Labute approximate surface area is 177 Å². The summed E-state index contributed by atoms with van der Waals surface area (Å²) in [4.78, 5) is 20.2. The molecule has 5 heteroatoms. The van der Waals surface area contributed by atoms with Crippen molar-refractivity contribution in [1.82, 2.24) is 9.55 Å². The van der Waals surface area contributed by atoms with Crippen molar-refractivity contribution in [2.45, 2.75) is 30.8 Å². The van der Waals surface area contributed by atoms with Crippen molar-refractivity contribution in [3.05, 3.63) is 93.1 Å². The van der Waals surface area contributed by atoms with Crippen molar-refractivity contribution >= 4 is 33.3 Å². The zero-order valence-electron chi connectivity index (χ0n) is 16.3. The van der Waals surface area contributed by atoms with E-state index in [-0.39, 0.29) is 10.8 Å². The Kier molecular flexibility index (Phi) is 4.45. The molecule has 4 aromatic rings. The second-order valence-electron chi connectivity index (χ2n) is 7.23. The average molecular weight is 417 g/mol. The number of aryl methyl sites for hydroxylation is 2. The monoisotopic (exact) mass is 416 g/mol. The van der Waals surface area contributed by atoms with Crippen LogP contribution < -0.4 is 5.56 Å². The number of thiophene rings is 1. The van der Waals surface area contributed by atoms with Crippen LogP contribution in [0.3, 0.4) is 0 Å². The number of fused-ring (bicyclic) bond motifs is 4. The Morgan fingerprint density at radius 1 is 1.10 bits per heavy atom. The summed E-state index contributed by atoms with van der Waals surface area (Å²) in [6, 6.07) is 17.0. The van der Waals surface area contributed by atoms with Gasteiger partial charge in [0.25, 0.3) is 5.56 Å². The Balaban J connectivity index is 1.70. The van der Waals surface area contributed by atoms with Gasteiger partial charge in [0.15, 0.2) is 5.16 Å². The highest BCUT2D eigenvalue weighted by Gasteiger charge is 2.30. The molecule has 0 N–H and O–H groups in total. The van der Waals surface area contributed by atoms with Crippen LogP contribution in [0.4, 0.5) is 0 Å². The lowest BCUT2D eigenvalue weighted by molar-refractivity contribution is 0.671. The molecular formula is C24H20N2OS2. The molecule has 0 spiro atoms. The zero-order chi connectivity index (χ0) is 20.1. The highest BCUT2D eigenvalue weighted by atomic mass is 32.2. The third-order valence-corrected chi connectivity index (χ3v) is 7.93. The number of benzene rings is 2. The van der Waals surface area contributed by atoms with Gasteiger partial charge in [0, 0.05) is 11.4 Å². The van der Waals surface area contributed by atoms with Gasteiger partial charge in [0.05, 0.1) is 10.6 Å². The van der Waals surface area contributed by atoms with Crippen LogP contribution in [-0.4, -0.2) is 9.55 Å². The van der Waals surface area contributed by atoms with Crippen molar-refractivity contribution in [3.63, 3.8) is 0 Å². The molecule has 2 heterocycles. The predicted molar refractivity (Wildman–Crippen MR) is 123 cm³/mol. The topological polar surface area (TPSA) is 34.9 Å². The Morgan fingerprint density at radius 3 is 2.34 bits per heavy atom. The molecule has 1 aliphatic rings. The van der Waals surface area contributed by atoms with Crippen LogP contribution in [0, 0.1) is 13.8 Å². The van der Waals surface area contributed by atoms with Crippen LogP contribution in [0.5, 0.6) is 0 Å². The molecule has 0 atom stereocenters. The molecule has 1 aliphatic carbocycles. The normalized spacial score (nSPS) is 12.9. The van der Waals surface area contributed by atoms with Gasteiger partial charge in [-0.2, -0.15) is 0 Å². The number of hydrogen-bond donors (Lipinski definition) is 0. The van der Waals surface area contributed by atoms with Crippen LogP contribution in [0.15, 0.2) is 71.1 Å². The maximum atomic E-state index is 13.3. The van der Waals surface area contributed by atoms with E-state index in [0.29, 0.717) is 6.54 Å². The number of nitrogens with zero attached hydrogens (tertiary/aromatic N) is 2. The van der Waals surface area contributed by atoms with E-state index < -0.39 is 0 Å². The minimum atomic E-state index is 0.0267. The smallest absolute Gasteiger partial charge is 0.263 e. The lowest BCUT2D eigenvalue weighted by Gasteiger charge is -2.16. The molecule has 0 bridgehead atoms. The molecule has 144 valence electrons. The van der Waals surface area contributed by atoms with Gasteiger partial charge in [-0.15, -0.1) is 17.9 Å². The number of rotatable bonds is 4. The molecule has 2 aromatic heterocycles. The molecule has 0 aliphatic heterocycles. The lowest BCUT2D eigenvalue weighted by Crippen LogP contribution is -2.23. The summed E-state index contributed by atoms with van der Waals surface area (Å²) in [5.41, 5.74) is 6.14. The summed E-state index contributed by atoms with van der Waals surface area (Å²) in [5.74, 6) is 0. The van der Waals surface area contributed by atoms with E-state index in [2.05, 4.69) is 62.0 Å². The van der Waals surface area contributed by atoms with Crippen LogP contribution in [0.1, 0.15) is 26.8 Å². The average Bonchev–Trinajstić information content (AvgIpc) is 3.20. The van der Waals surface area contributed by atoms with Crippen LogP contribution >= 0.6 is 23.1 Å². The van der Waals surface area contributed by atoms with Crippen molar-refractivity contribution in [1.29, 1.82) is 0 Å². The summed E-state index contributed by atoms with van der Waals surface area (Å²) in [5, 5.41) is 1.61. The number of hydrogen-bond acceptors (Lipinski definition) is 4. The molecular weight excluding hydrogens is 396 g/mol. The number of allylic oxidation sites excluding steroid dienone is 1. The first kappa shape index (κ1) is 18.4. The molecule has 0 fully saturated rings. The van der Waals surface area contributed by atoms with Crippen molar-refractivity contribution in [2.24, 2.45) is 0 Å². The summed E-state index contributed by atoms with van der Waals surface area (Å²) >= 11 is 3.26. The Bertz CT molecular complexity index is 1290. The number of aromatic nitrogens is 2. The highest BCUT2D eigenvalue weighted by molar-refractivity contribution is 7.99. The maximum absolute atomic E-state index is 13.3. The molecule has 2 aromatic carbocycles. The third kappa shape index (κ3) is 2.80. The summed E-state index contributed by atoms with van der Waals surface area (Å²) in [7, 11) is 0. The fourth-order valence-corrected chi connectivity index (χ4v) is 6.41. The lowest BCUT2D eigenvalue weighted by atomic mass is 10.1. The minimum Gasteiger partial charge on any atom is -0.283 e. The molecule has 0 saturated carbocycles. The van der Waals surface area contributed by atoms with Crippen LogP contribution in [0.25, 0.3) is 21.3 Å². The molecule has 0 amide bonds. The van der Waals surface area contributed by atoms with E-state index >= 15 is 0 Å². The number of thioether (sulfide) groups is 1. The van der Waals surface area contributed by atoms with Crippen LogP contribution in [-0.2, 0) is 6.54 Å². The maximum Gasteiger partial charge on any atom is 0.263 e. The highest BCUT2D eigenvalue weighted by Crippen LogP contribution is 2.51. The van der Waals surface area contributed by atoms with Crippen LogP contribution in [0.2, 0.25) is 0 Å². The first-order valence-corrected chi connectivity index (χ1v) is 11.3. The molecule has 0 unspecified atom stereocenters. The molecule has 0 saturated heterocycles. The van der Waals surface area contributed by atoms with Crippen molar-refractivity contribution in [3.8, 4) is 11.1 Å². The molecule has 5 rings (SSSR count). The van der Waals surface area contributed by atoms with E-state index in [1.807, 2.05) is 6.92 Å². The molecule has 3 nitrogen and oxygen atoms in total. The van der Waals surface area contributed by atoms with Gasteiger partial charge in [-0.25, -0.2) is 4.98 Å². The SMILES string of the molecule is C=CCn1c(SC2c3ccccc3-c3ccccc32)nc2sc(C)c(C)c2c1=O. The van der Waals surface area contributed by atoms with E-state index in [1.165, 1.54) is 22.3 Å². The predicted octanol–water partition coefficient (Wildman–Crippen LogP) is 6.12. The summed E-state index contributed by atoms with van der Waals surface area (Å²) in [6.45, 7) is 8.36. The molecule has 29 heavy (non-hydrogen) atoms. The first-order valence-electron chi connectivity index (χ1n) is 9.56. The Morgan fingerprint density at radius 2 is 1.72 bits per heavy atom. The second-order valence-corrected chi connectivity index (χ2v) is 9.51. The molecule has 0 radical (unpaired) electrons. The van der Waals surface area contributed by atoms with Gasteiger partial charge < -0.3 is 0 Å². The van der Waals surface area contributed by atoms with Gasteiger partial charge >= 0.3 is 0 Å². The van der Waals surface area contributed by atoms with E-state index in [1.54, 1.807) is 33.7 Å².